The Balaban J connectivity index is 1.77. The van der Waals surface area contributed by atoms with Gasteiger partial charge in [-0.1, -0.05) is 53.0 Å². The van der Waals surface area contributed by atoms with Crippen molar-refractivity contribution in [3.63, 3.8) is 0 Å². The fourth-order valence-electron chi connectivity index (χ4n) is 3.80. The number of nitrogens with one attached hydrogen (secondary N) is 1. The number of aliphatic hydroxyl groups excluding tert-OH is 1. The highest BCUT2D eigenvalue weighted by Gasteiger charge is 2.36. The van der Waals surface area contributed by atoms with Gasteiger partial charge in [-0.15, -0.1) is 0 Å². The van der Waals surface area contributed by atoms with Gasteiger partial charge in [0.05, 0.1) is 12.1 Å². The Bertz CT molecular complexity index is 777. The Morgan fingerprint density at radius 3 is 2.70 bits per heavy atom. The standard InChI is InChI=1S/C18H19BrN2O2/c19-15-9-13-14(11-5-1-2-6-12(11)15)10-20-21(18(13)23)16-7-3-4-8-17(16)22/h1-2,5-6,9,16-17,20,22H,3-4,7-8,10H2. The molecule has 0 spiro atoms. The summed E-state index contributed by atoms with van der Waals surface area (Å²) in [5.41, 5.74) is 5.01. The van der Waals surface area contributed by atoms with Gasteiger partial charge in [-0.25, -0.2) is 5.43 Å². The number of nitrogens with zero attached hydrogens (tertiary/aromatic N) is 1. The lowest BCUT2D eigenvalue weighted by atomic mass is 9.90. The number of carbonyl (C=O) groups is 1. The molecule has 1 aliphatic carbocycles. The molecule has 2 atom stereocenters. The lowest BCUT2D eigenvalue weighted by Crippen LogP contribution is -2.57. The van der Waals surface area contributed by atoms with E-state index < -0.39 is 6.10 Å². The van der Waals surface area contributed by atoms with E-state index in [4.69, 9.17) is 0 Å². The summed E-state index contributed by atoms with van der Waals surface area (Å²) < 4.78 is 0.936. The van der Waals surface area contributed by atoms with Gasteiger partial charge in [0.25, 0.3) is 5.91 Å². The molecule has 1 amide bonds. The van der Waals surface area contributed by atoms with E-state index in [1.54, 1.807) is 5.01 Å². The predicted molar refractivity (Wildman–Crippen MR) is 92.9 cm³/mol. The molecule has 23 heavy (non-hydrogen) atoms. The SMILES string of the molecule is O=C1c2cc(Br)c3ccccc3c2CNN1C1CCCCC1O. The normalized spacial score (nSPS) is 24.8. The maximum atomic E-state index is 13.0. The van der Waals surface area contributed by atoms with Crippen molar-refractivity contribution in [2.24, 2.45) is 0 Å². The molecule has 1 saturated carbocycles. The summed E-state index contributed by atoms with van der Waals surface area (Å²) in [5.74, 6) is -0.0383. The third-order valence-corrected chi connectivity index (χ3v) is 5.66. The molecule has 120 valence electrons. The highest BCUT2D eigenvalue weighted by atomic mass is 79.9. The van der Waals surface area contributed by atoms with Crippen LogP contribution in [0.2, 0.25) is 0 Å². The molecule has 0 radical (unpaired) electrons. The molecule has 1 heterocycles. The smallest absolute Gasteiger partial charge is 0.268 e. The number of halogens is 1. The molecule has 0 saturated heterocycles. The number of fused-ring (bicyclic) bond motifs is 3. The summed E-state index contributed by atoms with van der Waals surface area (Å²) in [5, 5.41) is 14.1. The van der Waals surface area contributed by atoms with Crippen LogP contribution in [0, 0.1) is 0 Å². The second kappa shape index (κ2) is 5.89. The lowest BCUT2D eigenvalue weighted by molar-refractivity contribution is -0.00509. The van der Waals surface area contributed by atoms with Crippen molar-refractivity contribution in [2.75, 3.05) is 0 Å². The van der Waals surface area contributed by atoms with Gasteiger partial charge in [-0.05, 0) is 35.2 Å². The highest BCUT2D eigenvalue weighted by molar-refractivity contribution is 9.10. The molecule has 2 aliphatic rings. The number of hydrogen-bond donors (Lipinski definition) is 2. The number of hydrogen-bond acceptors (Lipinski definition) is 3. The van der Waals surface area contributed by atoms with E-state index in [0.29, 0.717) is 6.54 Å². The minimum atomic E-state index is -0.439. The van der Waals surface area contributed by atoms with Crippen molar-refractivity contribution in [1.29, 1.82) is 0 Å². The first-order valence-corrected chi connectivity index (χ1v) is 8.91. The Kier molecular flexibility index (Phi) is 3.87. The Morgan fingerprint density at radius 2 is 1.91 bits per heavy atom. The van der Waals surface area contributed by atoms with Crippen LogP contribution in [-0.2, 0) is 6.54 Å². The zero-order chi connectivity index (χ0) is 16.0. The number of rotatable bonds is 1. The number of benzene rings is 2. The summed E-state index contributed by atoms with van der Waals surface area (Å²) in [7, 11) is 0. The number of amides is 1. The second-order valence-electron chi connectivity index (χ2n) is 6.36. The largest absolute Gasteiger partial charge is 0.391 e. The number of aliphatic hydroxyl groups is 1. The summed E-state index contributed by atoms with van der Waals surface area (Å²) in [6.07, 6.45) is 3.27. The zero-order valence-electron chi connectivity index (χ0n) is 12.8. The van der Waals surface area contributed by atoms with Gasteiger partial charge in [0.1, 0.15) is 0 Å². The van der Waals surface area contributed by atoms with E-state index in [1.807, 2.05) is 18.2 Å². The van der Waals surface area contributed by atoms with Gasteiger partial charge in [0, 0.05) is 16.6 Å². The van der Waals surface area contributed by atoms with Crippen LogP contribution in [0.3, 0.4) is 0 Å². The molecule has 1 aliphatic heterocycles. The number of carbonyl (C=O) groups excluding carboxylic acids is 1. The van der Waals surface area contributed by atoms with Gasteiger partial charge < -0.3 is 5.11 Å². The summed E-state index contributed by atoms with van der Waals surface area (Å²) >= 11 is 3.59. The van der Waals surface area contributed by atoms with Crippen molar-refractivity contribution in [3.05, 3.63) is 45.9 Å². The van der Waals surface area contributed by atoms with E-state index in [9.17, 15) is 9.90 Å². The van der Waals surface area contributed by atoms with Gasteiger partial charge in [0.2, 0.25) is 0 Å². The molecular weight excluding hydrogens is 356 g/mol. The topological polar surface area (TPSA) is 52.6 Å². The van der Waals surface area contributed by atoms with Crippen molar-refractivity contribution in [3.8, 4) is 0 Å². The van der Waals surface area contributed by atoms with Crippen molar-refractivity contribution < 1.29 is 9.90 Å². The van der Waals surface area contributed by atoms with Crippen LogP contribution in [0.5, 0.6) is 0 Å². The van der Waals surface area contributed by atoms with E-state index >= 15 is 0 Å². The summed E-state index contributed by atoms with van der Waals surface area (Å²) in [6.45, 7) is 0.609. The van der Waals surface area contributed by atoms with Crippen LogP contribution in [-0.4, -0.2) is 28.2 Å². The second-order valence-corrected chi connectivity index (χ2v) is 7.21. The van der Waals surface area contributed by atoms with Gasteiger partial charge in [-0.2, -0.15) is 0 Å². The first-order chi connectivity index (χ1) is 11.2. The average molecular weight is 375 g/mol. The van der Waals surface area contributed by atoms with Gasteiger partial charge >= 0.3 is 0 Å². The maximum Gasteiger partial charge on any atom is 0.268 e. The van der Waals surface area contributed by atoms with Crippen LogP contribution >= 0.6 is 15.9 Å². The third kappa shape index (κ3) is 2.47. The molecule has 0 aromatic heterocycles. The first kappa shape index (κ1) is 15.1. The third-order valence-electron chi connectivity index (χ3n) is 5.01. The van der Waals surface area contributed by atoms with Crippen molar-refractivity contribution in [2.45, 2.75) is 44.4 Å². The molecule has 2 unspecified atom stereocenters. The van der Waals surface area contributed by atoms with Crippen LogP contribution < -0.4 is 5.43 Å². The van der Waals surface area contributed by atoms with E-state index in [1.165, 1.54) is 0 Å². The van der Waals surface area contributed by atoms with Crippen LogP contribution in [0.25, 0.3) is 10.8 Å². The Morgan fingerprint density at radius 1 is 1.17 bits per heavy atom. The minimum absolute atomic E-state index is 0.0383. The minimum Gasteiger partial charge on any atom is -0.391 e. The molecule has 2 N–H and O–H groups in total. The molecule has 2 aromatic carbocycles. The fourth-order valence-corrected chi connectivity index (χ4v) is 4.37. The zero-order valence-corrected chi connectivity index (χ0v) is 14.3. The van der Waals surface area contributed by atoms with Gasteiger partial charge in [0.15, 0.2) is 0 Å². The fraction of sp³-hybridized carbons (Fsp3) is 0.389. The van der Waals surface area contributed by atoms with Crippen LogP contribution in [0.4, 0.5) is 0 Å². The average Bonchev–Trinajstić information content (AvgIpc) is 2.57. The Labute approximate surface area is 143 Å². The first-order valence-electron chi connectivity index (χ1n) is 8.12. The molecule has 1 fully saturated rings. The molecule has 4 rings (SSSR count). The summed E-state index contributed by atoms with van der Waals surface area (Å²) in [4.78, 5) is 13.0. The van der Waals surface area contributed by atoms with Crippen LogP contribution in [0.1, 0.15) is 41.6 Å². The maximum absolute atomic E-state index is 13.0. The molecule has 5 heteroatoms. The molecule has 0 bridgehead atoms. The quantitative estimate of drug-likeness (QED) is 0.804. The lowest BCUT2D eigenvalue weighted by Gasteiger charge is -2.40. The number of hydrazine groups is 1. The van der Waals surface area contributed by atoms with Crippen molar-refractivity contribution >= 4 is 32.6 Å². The summed E-state index contributed by atoms with van der Waals surface area (Å²) in [6, 6.07) is 9.90. The van der Waals surface area contributed by atoms with E-state index in [0.717, 1.165) is 52.1 Å². The molecule has 2 aromatic rings. The molecular formula is C18H19BrN2O2. The van der Waals surface area contributed by atoms with Crippen molar-refractivity contribution in [1.82, 2.24) is 10.4 Å². The molecule has 4 nitrogen and oxygen atoms in total. The van der Waals surface area contributed by atoms with E-state index in [2.05, 4.69) is 33.5 Å². The van der Waals surface area contributed by atoms with Gasteiger partial charge in [-0.3, -0.25) is 9.80 Å². The van der Waals surface area contributed by atoms with E-state index in [-0.39, 0.29) is 11.9 Å². The Hall–Kier alpha value is -1.43. The van der Waals surface area contributed by atoms with Crippen LogP contribution in [0.15, 0.2) is 34.8 Å². The predicted octanol–water partition coefficient (Wildman–Crippen LogP) is 3.37. The monoisotopic (exact) mass is 374 g/mol. The highest BCUT2D eigenvalue weighted by Crippen LogP contribution is 2.34.